The normalized spacial score (nSPS) is 10.8. The summed E-state index contributed by atoms with van der Waals surface area (Å²) in [5, 5.41) is 0. The highest BCUT2D eigenvalue weighted by Crippen LogP contribution is 2.28. The highest BCUT2D eigenvalue weighted by molar-refractivity contribution is 9.10. The van der Waals surface area contributed by atoms with Gasteiger partial charge in [-0.3, -0.25) is 0 Å². The topological polar surface area (TPSA) is 12.9 Å². The summed E-state index contributed by atoms with van der Waals surface area (Å²) in [7, 11) is 0. The zero-order valence-electron chi connectivity index (χ0n) is 5.49. The van der Waals surface area contributed by atoms with Gasteiger partial charge in [-0.2, -0.15) is 13.8 Å². The number of aromatic nitrogens is 1. The Morgan fingerprint density at radius 1 is 1.33 bits per heavy atom. The maximum Gasteiger partial charge on any atom is 0.269 e. The maximum absolute atomic E-state index is 12.5. The lowest BCUT2D eigenvalue weighted by atomic mass is 10.3. The van der Waals surface area contributed by atoms with Crippen molar-refractivity contribution >= 4 is 15.9 Å². The summed E-state index contributed by atoms with van der Waals surface area (Å²) in [4.78, 5) is 2.61. The monoisotopic (exact) mass is 243 g/mol. The second-order valence-electron chi connectivity index (χ2n) is 1.93. The van der Waals surface area contributed by atoms with Crippen molar-refractivity contribution in [2.45, 2.75) is 6.43 Å². The van der Waals surface area contributed by atoms with Crippen LogP contribution in [0.4, 0.5) is 17.6 Å². The summed E-state index contributed by atoms with van der Waals surface area (Å²) < 4.78 is 48.4. The van der Waals surface area contributed by atoms with Crippen molar-refractivity contribution in [2.75, 3.05) is 0 Å². The van der Waals surface area contributed by atoms with Gasteiger partial charge in [0.1, 0.15) is 0 Å². The molecule has 0 saturated carbocycles. The first kappa shape index (κ1) is 9.44. The average Bonchev–Trinajstić information content (AvgIpc) is 1.82. The Hall–Kier alpha value is -0.650. The molecule has 0 atom stereocenters. The lowest BCUT2D eigenvalue weighted by Gasteiger charge is -2.02. The Bertz CT molecular complexity index is 279. The fourth-order valence-corrected chi connectivity index (χ4v) is 1.19. The molecular weight excluding hydrogens is 242 g/mol. The second-order valence-corrected chi connectivity index (χ2v) is 2.79. The van der Waals surface area contributed by atoms with Crippen LogP contribution in [0.15, 0.2) is 10.5 Å². The van der Waals surface area contributed by atoms with Crippen LogP contribution < -0.4 is 0 Å². The lowest BCUT2D eigenvalue weighted by molar-refractivity contribution is 0.143. The van der Waals surface area contributed by atoms with Crippen LogP contribution in [0.1, 0.15) is 12.0 Å². The summed E-state index contributed by atoms with van der Waals surface area (Å²) in [5.74, 6) is -2.62. The fourth-order valence-electron chi connectivity index (χ4n) is 0.661. The van der Waals surface area contributed by atoms with Crippen LogP contribution in [0, 0.1) is 11.9 Å². The zero-order chi connectivity index (χ0) is 9.30. The van der Waals surface area contributed by atoms with Crippen LogP contribution in [0.2, 0.25) is 0 Å². The van der Waals surface area contributed by atoms with E-state index in [1.807, 2.05) is 0 Å². The van der Waals surface area contributed by atoms with Crippen LogP contribution in [-0.2, 0) is 0 Å². The molecule has 12 heavy (non-hydrogen) atoms. The van der Waals surface area contributed by atoms with Crippen LogP contribution >= 0.6 is 15.9 Å². The minimum absolute atomic E-state index is 0.317. The summed E-state index contributed by atoms with van der Waals surface area (Å²) in [6.07, 6.45) is -3.01. The van der Waals surface area contributed by atoms with Crippen LogP contribution in [0.5, 0.6) is 0 Å². The largest absolute Gasteiger partial charge is 0.269 e. The van der Waals surface area contributed by atoms with Gasteiger partial charge in [-0.1, -0.05) is 0 Å². The molecule has 0 aliphatic heterocycles. The Kier molecular flexibility index (Phi) is 2.66. The summed E-state index contributed by atoms with van der Waals surface area (Å²) in [5.41, 5.74) is -0.920. The Balaban J connectivity index is 3.28. The van der Waals surface area contributed by atoms with E-state index in [0.29, 0.717) is 6.07 Å². The van der Waals surface area contributed by atoms with E-state index in [2.05, 4.69) is 20.9 Å². The van der Waals surface area contributed by atoms with E-state index in [1.54, 1.807) is 0 Å². The van der Waals surface area contributed by atoms with Gasteiger partial charge in [0, 0.05) is 10.5 Å². The molecule has 1 nitrogen and oxygen atoms in total. The molecule has 0 unspecified atom stereocenters. The predicted octanol–water partition coefficient (Wildman–Crippen LogP) is 3.06. The predicted molar refractivity (Wildman–Crippen MR) is 36.8 cm³/mol. The van der Waals surface area contributed by atoms with Gasteiger partial charge in [0.2, 0.25) is 11.9 Å². The molecule has 1 aromatic heterocycles. The molecule has 0 bridgehead atoms. The highest BCUT2D eigenvalue weighted by Gasteiger charge is 2.19. The van der Waals surface area contributed by atoms with Crippen molar-refractivity contribution in [3.8, 4) is 0 Å². The van der Waals surface area contributed by atoms with E-state index >= 15 is 0 Å². The average molecular weight is 244 g/mol. The van der Waals surface area contributed by atoms with Gasteiger partial charge in [0.25, 0.3) is 6.43 Å². The highest BCUT2D eigenvalue weighted by atomic mass is 79.9. The van der Waals surface area contributed by atoms with E-state index in [1.165, 1.54) is 0 Å². The molecule has 0 saturated heterocycles. The molecule has 0 radical (unpaired) electrons. The minimum atomic E-state index is -3.01. The number of hydrogen-bond acceptors (Lipinski definition) is 1. The van der Waals surface area contributed by atoms with E-state index in [9.17, 15) is 17.6 Å². The lowest BCUT2D eigenvalue weighted by Crippen LogP contribution is -1.98. The number of alkyl halides is 2. The smallest absolute Gasteiger partial charge is 0.205 e. The third-order valence-electron chi connectivity index (χ3n) is 1.15. The number of nitrogens with zero attached hydrogens (tertiary/aromatic N) is 1. The molecule has 0 amide bonds. The molecule has 0 aliphatic rings. The third-order valence-corrected chi connectivity index (χ3v) is 1.80. The van der Waals surface area contributed by atoms with Gasteiger partial charge in [0.05, 0.1) is 5.56 Å². The van der Waals surface area contributed by atoms with E-state index < -0.39 is 23.9 Å². The number of pyridine rings is 1. The molecular formula is C6H2BrF4N. The second kappa shape index (κ2) is 3.38. The molecule has 0 aliphatic carbocycles. The number of rotatable bonds is 1. The first-order chi connectivity index (χ1) is 5.52. The van der Waals surface area contributed by atoms with Crippen molar-refractivity contribution in [3.63, 3.8) is 0 Å². The third kappa shape index (κ3) is 1.74. The van der Waals surface area contributed by atoms with Gasteiger partial charge in [-0.15, -0.1) is 0 Å². The molecule has 0 N–H and O–H groups in total. The fraction of sp³-hybridized carbons (Fsp3) is 0.167. The van der Waals surface area contributed by atoms with Crippen LogP contribution in [-0.4, -0.2) is 4.98 Å². The summed E-state index contributed by atoms with van der Waals surface area (Å²) >= 11 is 2.60. The standard InChI is InChI=1S/C6H2BrF4N/c7-2-1-3(8)12-6(11)4(2)5(9)10/h1,5H. The first-order valence-corrected chi connectivity index (χ1v) is 3.61. The summed E-state index contributed by atoms with van der Waals surface area (Å²) in [6, 6.07) is 0.685. The van der Waals surface area contributed by atoms with Gasteiger partial charge >= 0.3 is 0 Å². The van der Waals surface area contributed by atoms with E-state index in [4.69, 9.17) is 0 Å². The quantitative estimate of drug-likeness (QED) is 0.546. The molecule has 1 aromatic rings. The summed E-state index contributed by atoms with van der Waals surface area (Å²) in [6.45, 7) is 0. The van der Waals surface area contributed by atoms with Gasteiger partial charge in [-0.05, 0) is 15.9 Å². The van der Waals surface area contributed by atoms with Gasteiger partial charge in [0.15, 0.2) is 0 Å². The SMILES string of the molecule is Fc1cc(Br)c(C(F)F)c(F)n1. The Labute approximate surface area is 73.5 Å². The maximum atomic E-state index is 12.5. The zero-order valence-corrected chi connectivity index (χ0v) is 7.08. The van der Waals surface area contributed by atoms with Crippen LogP contribution in [0.3, 0.4) is 0 Å². The van der Waals surface area contributed by atoms with Crippen molar-refractivity contribution in [1.29, 1.82) is 0 Å². The molecule has 0 spiro atoms. The van der Waals surface area contributed by atoms with Crippen molar-refractivity contribution in [3.05, 3.63) is 28.0 Å². The van der Waals surface area contributed by atoms with Gasteiger partial charge in [-0.25, -0.2) is 8.78 Å². The van der Waals surface area contributed by atoms with E-state index in [0.717, 1.165) is 0 Å². The molecule has 66 valence electrons. The molecule has 1 heterocycles. The van der Waals surface area contributed by atoms with Crippen molar-refractivity contribution in [2.24, 2.45) is 0 Å². The van der Waals surface area contributed by atoms with E-state index in [-0.39, 0.29) is 4.47 Å². The minimum Gasteiger partial charge on any atom is -0.205 e. The first-order valence-electron chi connectivity index (χ1n) is 2.82. The number of halogens is 5. The Morgan fingerprint density at radius 3 is 2.33 bits per heavy atom. The molecule has 0 fully saturated rings. The molecule has 1 rings (SSSR count). The molecule has 6 heteroatoms. The number of hydrogen-bond donors (Lipinski definition) is 0. The Morgan fingerprint density at radius 2 is 1.92 bits per heavy atom. The van der Waals surface area contributed by atoms with Crippen molar-refractivity contribution < 1.29 is 17.6 Å². The van der Waals surface area contributed by atoms with Gasteiger partial charge < -0.3 is 0 Å². The van der Waals surface area contributed by atoms with Crippen molar-refractivity contribution in [1.82, 2.24) is 4.98 Å². The van der Waals surface area contributed by atoms with Crippen LogP contribution in [0.25, 0.3) is 0 Å². The molecule has 0 aromatic carbocycles.